The highest BCUT2D eigenvalue weighted by molar-refractivity contribution is 6.30. The molecule has 0 aromatic carbocycles. The van der Waals surface area contributed by atoms with Crippen LogP contribution in [0.1, 0.15) is 26.7 Å². The lowest BCUT2D eigenvalue weighted by Gasteiger charge is -2.24. The molecule has 1 aromatic rings. The number of nitrogens with one attached hydrogen (secondary N) is 1. The molecule has 4 nitrogen and oxygen atoms in total. The first kappa shape index (κ1) is 12.9. The number of carbonyl (C=O) groups is 1. The van der Waals surface area contributed by atoms with Crippen molar-refractivity contribution in [2.45, 2.75) is 32.2 Å². The van der Waals surface area contributed by atoms with Gasteiger partial charge in [0, 0.05) is 6.20 Å². The van der Waals surface area contributed by atoms with Crippen LogP contribution in [0, 0.1) is 0 Å². The smallest absolute Gasteiger partial charge is 0.245 e. The molecule has 1 amide bonds. The summed E-state index contributed by atoms with van der Waals surface area (Å²) < 4.78 is 0. The van der Waals surface area contributed by atoms with Crippen molar-refractivity contribution in [2.24, 2.45) is 5.73 Å². The summed E-state index contributed by atoms with van der Waals surface area (Å²) in [7, 11) is 0. The Morgan fingerprint density at radius 3 is 2.56 bits per heavy atom. The van der Waals surface area contributed by atoms with Gasteiger partial charge in [-0.25, -0.2) is 4.98 Å². The first-order valence-corrected chi connectivity index (χ1v) is 5.61. The summed E-state index contributed by atoms with van der Waals surface area (Å²) in [5.41, 5.74) is 5.12. The van der Waals surface area contributed by atoms with Crippen LogP contribution < -0.4 is 11.1 Å². The number of rotatable bonds is 4. The number of carbonyl (C=O) groups excluding carboxylic acids is 1. The van der Waals surface area contributed by atoms with Gasteiger partial charge in [-0.15, -0.1) is 0 Å². The molecule has 16 heavy (non-hydrogen) atoms. The standard InChI is InChI=1S/C11H16ClN3O/c1-3-11(13,4-2)10(16)15-9-6-5-8(12)7-14-9/h5-7H,3-4,13H2,1-2H3,(H,14,15,16). The Kier molecular flexibility index (Phi) is 4.26. The number of aromatic nitrogens is 1. The van der Waals surface area contributed by atoms with E-state index in [1.165, 1.54) is 6.20 Å². The molecule has 0 aliphatic carbocycles. The van der Waals surface area contributed by atoms with Gasteiger partial charge in [0.2, 0.25) is 5.91 Å². The van der Waals surface area contributed by atoms with Crippen molar-refractivity contribution < 1.29 is 4.79 Å². The van der Waals surface area contributed by atoms with E-state index in [9.17, 15) is 4.79 Å². The Hall–Kier alpha value is -1.13. The molecule has 0 fully saturated rings. The first-order chi connectivity index (χ1) is 7.51. The van der Waals surface area contributed by atoms with Gasteiger partial charge < -0.3 is 11.1 Å². The number of nitrogens with two attached hydrogens (primary N) is 1. The summed E-state index contributed by atoms with van der Waals surface area (Å²) in [6, 6.07) is 3.31. The highest BCUT2D eigenvalue weighted by Gasteiger charge is 2.29. The minimum absolute atomic E-state index is 0.215. The lowest BCUT2D eigenvalue weighted by molar-refractivity contribution is -0.121. The molecule has 0 unspecified atom stereocenters. The van der Waals surface area contributed by atoms with E-state index in [1.54, 1.807) is 12.1 Å². The zero-order valence-electron chi connectivity index (χ0n) is 9.46. The Bertz CT molecular complexity index is 360. The summed E-state index contributed by atoms with van der Waals surface area (Å²) in [6.45, 7) is 3.77. The lowest BCUT2D eigenvalue weighted by Crippen LogP contribution is -2.50. The van der Waals surface area contributed by atoms with E-state index in [0.29, 0.717) is 23.7 Å². The molecule has 0 aliphatic heterocycles. The average molecular weight is 242 g/mol. The molecule has 0 bridgehead atoms. The number of amides is 1. The van der Waals surface area contributed by atoms with Gasteiger partial charge in [0.05, 0.1) is 10.6 Å². The summed E-state index contributed by atoms with van der Waals surface area (Å²) in [5, 5.41) is 3.21. The van der Waals surface area contributed by atoms with Crippen LogP contribution in [0.5, 0.6) is 0 Å². The second-order valence-electron chi connectivity index (χ2n) is 3.68. The average Bonchev–Trinajstić information content (AvgIpc) is 2.31. The van der Waals surface area contributed by atoms with Crippen molar-refractivity contribution in [1.29, 1.82) is 0 Å². The van der Waals surface area contributed by atoms with E-state index in [2.05, 4.69) is 10.3 Å². The number of pyridine rings is 1. The maximum Gasteiger partial charge on any atom is 0.245 e. The van der Waals surface area contributed by atoms with Crippen LogP contribution in [-0.2, 0) is 4.79 Å². The van der Waals surface area contributed by atoms with Crippen molar-refractivity contribution >= 4 is 23.3 Å². The van der Waals surface area contributed by atoms with Gasteiger partial charge in [0.25, 0.3) is 0 Å². The van der Waals surface area contributed by atoms with Crippen molar-refractivity contribution in [3.05, 3.63) is 23.4 Å². The number of hydrogen-bond acceptors (Lipinski definition) is 3. The summed E-state index contributed by atoms with van der Waals surface area (Å²) in [5.74, 6) is 0.249. The minimum atomic E-state index is -0.832. The molecule has 0 spiro atoms. The van der Waals surface area contributed by atoms with Gasteiger partial charge in [-0.3, -0.25) is 4.79 Å². The second kappa shape index (κ2) is 5.27. The molecular formula is C11H16ClN3O. The Morgan fingerprint density at radius 1 is 1.50 bits per heavy atom. The number of hydrogen-bond donors (Lipinski definition) is 2. The van der Waals surface area contributed by atoms with E-state index in [1.807, 2.05) is 13.8 Å². The fraction of sp³-hybridized carbons (Fsp3) is 0.455. The number of nitrogens with zero attached hydrogens (tertiary/aromatic N) is 1. The predicted octanol–water partition coefficient (Wildman–Crippen LogP) is 2.19. The third kappa shape index (κ3) is 2.93. The molecule has 3 N–H and O–H groups in total. The second-order valence-corrected chi connectivity index (χ2v) is 4.12. The Morgan fingerprint density at radius 2 is 2.12 bits per heavy atom. The van der Waals surface area contributed by atoms with Crippen LogP contribution in [-0.4, -0.2) is 16.4 Å². The number of halogens is 1. The van der Waals surface area contributed by atoms with E-state index >= 15 is 0 Å². The molecule has 0 saturated heterocycles. The van der Waals surface area contributed by atoms with Crippen LogP contribution in [0.3, 0.4) is 0 Å². The molecular weight excluding hydrogens is 226 g/mol. The molecule has 0 atom stereocenters. The molecule has 1 rings (SSSR count). The minimum Gasteiger partial charge on any atom is -0.317 e. The van der Waals surface area contributed by atoms with E-state index in [0.717, 1.165) is 0 Å². The molecule has 1 aromatic heterocycles. The van der Waals surface area contributed by atoms with Gasteiger partial charge >= 0.3 is 0 Å². The van der Waals surface area contributed by atoms with Crippen molar-refractivity contribution in [1.82, 2.24) is 4.98 Å². The highest BCUT2D eigenvalue weighted by atomic mass is 35.5. The van der Waals surface area contributed by atoms with Gasteiger partial charge in [-0.05, 0) is 25.0 Å². The first-order valence-electron chi connectivity index (χ1n) is 5.23. The van der Waals surface area contributed by atoms with Crippen LogP contribution in [0.15, 0.2) is 18.3 Å². The largest absolute Gasteiger partial charge is 0.317 e. The monoisotopic (exact) mass is 241 g/mol. The fourth-order valence-corrected chi connectivity index (χ4v) is 1.37. The fourth-order valence-electron chi connectivity index (χ4n) is 1.26. The maximum atomic E-state index is 11.9. The third-order valence-corrected chi connectivity index (χ3v) is 2.91. The van der Waals surface area contributed by atoms with Gasteiger partial charge in [0.15, 0.2) is 0 Å². The Labute approximate surface area is 100 Å². The van der Waals surface area contributed by atoms with Crippen LogP contribution in [0.2, 0.25) is 5.02 Å². The van der Waals surface area contributed by atoms with Crippen molar-refractivity contribution in [3.8, 4) is 0 Å². The predicted molar refractivity (Wildman–Crippen MR) is 65.4 cm³/mol. The quantitative estimate of drug-likeness (QED) is 0.849. The summed E-state index contributed by atoms with van der Waals surface area (Å²) in [4.78, 5) is 15.9. The molecule has 88 valence electrons. The van der Waals surface area contributed by atoms with Crippen molar-refractivity contribution in [2.75, 3.05) is 5.32 Å². The third-order valence-electron chi connectivity index (χ3n) is 2.68. The molecule has 5 heteroatoms. The Balaban J connectivity index is 2.74. The normalized spacial score (nSPS) is 11.2. The highest BCUT2D eigenvalue weighted by Crippen LogP contribution is 2.15. The zero-order chi connectivity index (χ0) is 12.2. The molecule has 1 heterocycles. The van der Waals surface area contributed by atoms with E-state index < -0.39 is 5.54 Å². The topological polar surface area (TPSA) is 68.0 Å². The van der Waals surface area contributed by atoms with E-state index in [-0.39, 0.29) is 5.91 Å². The molecule has 0 radical (unpaired) electrons. The van der Waals surface area contributed by atoms with Gasteiger partial charge in [0.1, 0.15) is 5.82 Å². The lowest BCUT2D eigenvalue weighted by atomic mass is 9.93. The van der Waals surface area contributed by atoms with Crippen LogP contribution in [0.4, 0.5) is 5.82 Å². The van der Waals surface area contributed by atoms with Crippen LogP contribution in [0.25, 0.3) is 0 Å². The molecule has 0 aliphatic rings. The van der Waals surface area contributed by atoms with Gasteiger partial charge in [-0.2, -0.15) is 0 Å². The SMILES string of the molecule is CCC(N)(CC)C(=O)Nc1ccc(Cl)cn1. The number of anilines is 1. The van der Waals surface area contributed by atoms with Crippen LogP contribution >= 0.6 is 11.6 Å². The zero-order valence-corrected chi connectivity index (χ0v) is 10.2. The van der Waals surface area contributed by atoms with Crippen molar-refractivity contribution in [3.63, 3.8) is 0 Å². The summed E-state index contributed by atoms with van der Waals surface area (Å²) >= 11 is 5.69. The maximum absolute atomic E-state index is 11.9. The van der Waals surface area contributed by atoms with E-state index in [4.69, 9.17) is 17.3 Å². The summed E-state index contributed by atoms with van der Waals surface area (Å²) in [6.07, 6.45) is 2.65. The van der Waals surface area contributed by atoms with Gasteiger partial charge in [-0.1, -0.05) is 25.4 Å². The molecule has 0 saturated carbocycles.